The number of anilines is 1. The fourth-order valence-electron chi connectivity index (χ4n) is 1.47. The van der Waals surface area contributed by atoms with Gasteiger partial charge in [-0.3, -0.25) is 4.72 Å². The number of halogens is 4. The van der Waals surface area contributed by atoms with Crippen LogP contribution in [-0.2, 0) is 10.0 Å². The highest BCUT2D eigenvalue weighted by Crippen LogP contribution is 2.30. The van der Waals surface area contributed by atoms with Gasteiger partial charge in [-0.15, -0.1) is 0 Å². The van der Waals surface area contributed by atoms with E-state index in [1.165, 1.54) is 12.1 Å². The number of hydrogen-bond acceptors (Lipinski definition) is 2. The molecular formula is C12H7Br3ClNO2S. The molecule has 0 aliphatic carbocycles. The van der Waals surface area contributed by atoms with E-state index in [-0.39, 0.29) is 9.92 Å². The molecule has 1 N–H and O–H groups in total. The van der Waals surface area contributed by atoms with Crippen LogP contribution in [0.25, 0.3) is 0 Å². The van der Waals surface area contributed by atoms with Crippen molar-refractivity contribution >= 4 is 75.1 Å². The van der Waals surface area contributed by atoms with Crippen LogP contribution in [0.1, 0.15) is 0 Å². The van der Waals surface area contributed by atoms with Crippen molar-refractivity contribution < 1.29 is 8.42 Å². The Labute approximate surface area is 147 Å². The standard InChI is InChI=1S/C12H7Br3ClNO2S/c13-7-1-3-11(9(15)5-7)17-20(18,19)12-4-2-8(14)6-10(12)16/h1-6,17H. The van der Waals surface area contributed by atoms with Crippen LogP contribution in [0.4, 0.5) is 5.69 Å². The van der Waals surface area contributed by atoms with Gasteiger partial charge >= 0.3 is 0 Å². The molecule has 106 valence electrons. The van der Waals surface area contributed by atoms with Crippen molar-refractivity contribution in [1.29, 1.82) is 0 Å². The molecule has 0 saturated carbocycles. The van der Waals surface area contributed by atoms with Crippen LogP contribution in [0.2, 0.25) is 5.02 Å². The van der Waals surface area contributed by atoms with Crippen molar-refractivity contribution in [3.05, 3.63) is 54.8 Å². The van der Waals surface area contributed by atoms with Gasteiger partial charge in [-0.25, -0.2) is 8.42 Å². The van der Waals surface area contributed by atoms with Gasteiger partial charge in [0.15, 0.2) is 0 Å². The lowest BCUT2D eigenvalue weighted by Gasteiger charge is -2.11. The lowest BCUT2D eigenvalue weighted by Crippen LogP contribution is -2.13. The molecule has 0 unspecified atom stereocenters. The average molecular weight is 504 g/mol. The van der Waals surface area contributed by atoms with Crippen LogP contribution in [0, 0.1) is 0 Å². The SMILES string of the molecule is O=S(=O)(Nc1ccc(Br)cc1Br)c1ccc(Br)cc1Cl. The van der Waals surface area contributed by atoms with E-state index in [9.17, 15) is 8.42 Å². The molecule has 0 saturated heterocycles. The molecule has 8 heteroatoms. The summed E-state index contributed by atoms with van der Waals surface area (Å²) in [5.41, 5.74) is 0.437. The van der Waals surface area contributed by atoms with E-state index < -0.39 is 10.0 Å². The van der Waals surface area contributed by atoms with E-state index >= 15 is 0 Å². The normalized spacial score (nSPS) is 11.4. The molecule has 0 radical (unpaired) electrons. The van der Waals surface area contributed by atoms with Crippen LogP contribution in [0.3, 0.4) is 0 Å². The Morgan fingerprint density at radius 3 is 2.15 bits per heavy atom. The first kappa shape index (κ1) is 16.3. The molecule has 0 fully saturated rings. The second-order valence-corrected chi connectivity index (χ2v) is 8.55. The zero-order valence-corrected chi connectivity index (χ0v) is 16.0. The predicted octanol–water partition coefficient (Wildman–Crippen LogP) is 5.43. The Morgan fingerprint density at radius 1 is 0.950 bits per heavy atom. The van der Waals surface area contributed by atoms with E-state index in [1.807, 2.05) is 0 Å². The summed E-state index contributed by atoms with van der Waals surface area (Å²) in [7, 11) is -3.74. The summed E-state index contributed by atoms with van der Waals surface area (Å²) in [6.07, 6.45) is 0. The first-order valence-corrected chi connectivity index (χ1v) is 9.46. The molecule has 0 aliphatic rings. The molecule has 0 bridgehead atoms. The lowest BCUT2D eigenvalue weighted by atomic mass is 10.3. The number of hydrogen-bond donors (Lipinski definition) is 1. The summed E-state index contributed by atoms with van der Waals surface area (Å²) < 4.78 is 29.3. The molecule has 2 aromatic rings. The molecular weight excluding hydrogens is 497 g/mol. The van der Waals surface area contributed by atoms with Gasteiger partial charge in [0.1, 0.15) is 4.90 Å². The molecule has 0 aromatic heterocycles. The maximum atomic E-state index is 12.3. The summed E-state index contributed by atoms with van der Waals surface area (Å²) in [6.45, 7) is 0. The zero-order valence-electron chi connectivity index (χ0n) is 9.70. The predicted molar refractivity (Wildman–Crippen MR) is 91.8 cm³/mol. The third-order valence-corrected chi connectivity index (χ3v) is 5.85. The minimum Gasteiger partial charge on any atom is -0.278 e. The van der Waals surface area contributed by atoms with Crippen molar-refractivity contribution in [2.45, 2.75) is 4.90 Å². The highest BCUT2D eigenvalue weighted by Gasteiger charge is 2.19. The van der Waals surface area contributed by atoms with Gasteiger partial charge in [0, 0.05) is 13.4 Å². The topological polar surface area (TPSA) is 46.2 Å². The quantitative estimate of drug-likeness (QED) is 0.606. The Balaban J connectivity index is 2.41. The van der Waals surface area contributed by atoms with Crippen molar-refractivity contribution in [2.75, 3.05) is 4.72 Å². The summed E-state index contributed by atoms with van der Waals surface area (Å²) in [5, 5.41) is 0.153. The smallest absolute Gasteiger partial charge is 0.263 e. The van der Waals surface area contributed by atoms with Gasteiger partial charge in [-0.05, 0) is 52.3 Å². The van der Waals surface area contributed by atoms with Gasteiger partial charge in [-0.1, -0.05) is 43.5 Å². The van der Waals surface area contributed by atoms with Crippen LogP contribution in [0.15, 0.2) is 54.7 Å². The highest BCUT2D eigenvalue weighted by molar-refractivity contribution is 9.11. The molecule has 2 rings (SSSR count). The van der Waals surface area contributed by atoms with Gasteiger partial charge in [0.05, 0.1) is 10.7 Å². The van der Waals surface area contributed by atoms with Gasteiger partial charge < -0.3 is 0 Å². The van der Waals surface area contributed by atoms with E-state index in [4.69, 9.17) is 11.6 Å². The van der Waals surface area contributed by atoms with E-state index in [0.717, 1.165) is 4.47 Å². The molecule has 20 heavy (non-hydrogen) atoms. The minimum atomic E-state index is -3.74. The fraction of sp³-hybridized carbons (Fsp3) is 0. The van der Waals surface area contributed by atoms with Gasteiger partial charge in [0.25, 0.3) is 10.0 Å². The third kappa shape index (κ3) is 3.76. The van der Waals surface area contributed by atoms with Crippen LogP contribution < -0.4 is 4.72 Å². The second-order valence-electron chi connectivity index (χ2n) is 3.80. The number of rotatable bonds is 3. The Bertz CT molecular complexity index is 765. The van der Waals surface area contributed by atoms with Gasteiger partial charge in [-0.2, -0.15) is 0 Å². The second kappa shape index (κ2) is 6.36. The van der Waals surface area contributed by atoms with Crippen LogP contribution in [-0.4, -0.2) is 8.42 Å². The molecule has 0 atom stereocenters. The lowest BCUT2D eigenvalue weighted by molar-refractivity contribution is 0.601. The first-order valence-electron chi connectivity index (χ1n) is 5.22. The van der Waals surface area contributed by atoms with Crippen LogP contribution >= 0.6 is 59.4 Å². The van der Waals surface area contributed by atoms with Gasteiger partial charge in [0.2, 0.25) is 0 Å². The first-order chi connectivity index (χ1) is 9.29. The van der Waals surface area contributed by atoms with Crippen LogP contribution in [0.5, 0.6) is 0 Å². The van der Waals surface area contributed by atoms with Crippen molar-refractivity contribution in [3.63, 3.8) is 0 Å². The maximum absolute atomic E-state index is 12.3. The third-order valence-electron chi connectivity index (χ3n) is 2.36. The molecule has 3 nitrogen and oxygen atoms in total. The number of sulfonamides is 1. The maximum Gasteiger partial charge on any atom is 0.263 e. The molecule has 2 aromatic carbocycles. The highest BCUT2D eigenvalue weighted by atomic mass is 79.9. The molecule has 0 aliphatic heterocycles. The molecule has 0 heterocycles. The summed E-state index contributed by atoms with van der Waals surface area (Å²) in [6, 6.07) is 9.75. The van der Waals surface area contributed by atoms with E-state index in [0.29, 0.717) is 14.6 Å². The fourth-order valence-corrected chi connectivity index (χ4v) is 4.86. The largest absolute Gasteiger partial charge is 0.278 e. The average Bonchev–Trinajstić information content (AvgIpc) is 2.32. The number of benzene rings is 2. The molecule has 0 amide bonds. The summed E-state index contributed by atoms with van der Waals surface area (Å²) >= 11 is 15.8. The monoisotopic (exact) mass is 501 g/mol. The minimum absolute atomic E-state index is 0.0252. The Kier molecular flexibility index (Phi) is 5.18. The summed E-state index contributed by atoms with van der Waals surface area (Å²) in [4.78, 5) is 0.0252. The van der Waals surface area contributed by atoms with Crippen molar-refractivity contribution in [3.8, 4) is 0 Å². The summed E-state index contributed by atoms with van der Waals surface area (Å²) in [5.74, 6) is 0. The number of nitrogens with one attached hydrogen (secondary N) is 1. The van der Waals surface area contributed by atoms with Crippen molar-refractivity contribution in [2.24, 2.45) is 0 Å². The molecule has 0 spiro atoms. The van der Waals surface area contributed by atoms with E-state index in [2.05, 4.69) is 52.5 Å². The van der Waals surface area contributed by atoms with Crippen molar-refractivity contribution in [1.82, 2.24) is 0 Å². The Morgan fingerprint density at radius 2 is 1.55 bits per heavy atom. The zero-order chi connectivity index (χ0) is 14.9. The Hall–Kier alpha value is -0.0800. The van der Waals surface area contributed by atoms with E-state index in [1.54, 1.807) is 24.3 Å².